The molecule has 0 unspecified atom stereocenters. The number of carbonyl (C=O) groups is 2. The van der Waals surface area contributed by atoms with Gasteiger partial charge in [0.05, 0.1) is 16.8 Å². The summed E-state index contributed by atoms with van der Waals surface area (Å²) >= 11 is 1.07. The Kier molecular flexibility index (Phi) is 7.62. The van der Waals surface area contributed by atoms with Crippen LogP contribution < -0.4 is 11.1 Å². The standard InChI is InChI=1S/C22H23F3N6O2S/c1-12-4-5-13(8-15(12)22(23,24)25)30-21(33)17-9-27-18(34-17)7-6-16(32)19-14(10-31(2)3)20(26)29-11-28-19/h4-5,8-9,11H,6-7,10H2,1-3H3,(H,30,33)(H2,26,28,29). The number of ketones is 1. The number of Topliss-reactive ketones (excluding diaryl/α,β-unsaturated/α-hetero) is 1. The summed E-state index contributed by atoms with van der Waals surface area (Å²) < 4.78 is 39.3. The van der Waals surface area contributed by atoms with Gasteiger partial charge in [0.25, 0.3) is 5.91 Å². The van der Waals surface area contributed by atoms with Crippen LogP contribution in [0, 0.1) is 6.92 Å². The van der Waals surface area contributed by atoms with Crippen LogP contribution in [-0.2, 0) is 19.1 Å². The number of nitrogens with zero attached hydrogens (tertiary/aromatic N) is 4. The molecule has 0 aliphatic heterocycles. The highest BCUT2D eigenvalue weighted by molar-refractivity contribution is 7.13. The largest absolute Gasteiger partial charge is 0.416 e. The molecule has 180 valence electrons. The van der Waals surface area contributed by atoms with Gasteiger partial charge in [-0.15, -0.1) is 11.3 Å². The van der Waals surface area contributed by atoms with Gasteiger partial charge in [-0.3, -0.25) is 9.59 Å². The number of aromatic nitrogens is 3. The van der Waals surface area contributed by atoms with Gasteiger partial charge in [0.15, 0.2) is 5.78 Å². The first-order valence-corrected chi connectivity index (χ1v) is 11.0. The van der Waals surface area contributed by atoms with Gasteiger partial charge in [0, 0.05) is 30.6 Å². The molecule has 0 aliphatic carbocycles. The fraction of sp³-hybridized carbons (Fsp3) is 0.318. The summed E-state index contributed by atoms with van der Waals surface area (Å²) in [6.07, 6.45) is -1.58. The van der Waals surface area contributed by atoms with E-state index in [-0.39, 0.29) is 46.3 Å². The normalized spacial score (nSPS) is 11.6. The van der Waals surface area contributed by atoms with Crippen LogP contribution in [0.4, 0.5) is 24.7 Å². The van der Waals surface area contributed by atoms with Crippen LogP contribution in [0.25, 0.3) is 0 Å². The molecule has 0 radical (unpaired) electrons. The summed E-state index contributed by atoms with van der Waals surface area (Å²) in [4.78, 5) is 39.5. The summed E-state index contributed by atoms with van der Waals surface area (Å²) in [5, 5.41) is 3.00. The maximum Gasteiger partial charge on any atom is 0.416 e. The number of rotatable bonds is 8. The van der Waals surface area contributed by atoms with Crippen molar-refractivity contribution in [2.75, 3.05) is 25.1 Å². The molecule has 0 bridgehead atoms. The van der Waals surface area contributed by atoms with Crippen molar-refractivity contribution in [2.24, 2.45) is 0 Å². The highest BCUT2D eigenvalue weighted by Gasteiger charge is 2.32. The predicted molar refractivity (Wildman–Crippen MR) is 123 cm³/mol. The highest BCUT2D eigenvalue weighted by atomic mass is 32.1. The number of anilines is 2. The number of hydrogen-bond acceptors (Lipinski definition) is 8. The number of carbonyl (C=O) groups excluding carboxylic acids is 2. The topological polar surface area (TPSA) is 114 Å². The third-order valence-electron chi connectivity index (χ3n) is 4.86. The molecule has 34 heavy (non-hydrogen) atoms. The predicted octanol–water partition coefficient (Wildman–Crippen LogP) is 3.97. The van der Waals surface area contributed by atoms with Crippen LogP contribution in [0.3, 0.4) is 0 Å². The maximum atomic E-state index is 13.1. The molecule has 0 atom stereocenters. The Morgan fingerprint density at radius 1 is 1.18 bits per heavy atom. The lowest BCUT2D eigenvalue weighted by molar-refractivity contribution is -0.138. The Morgan fingerprint density at radius 3 is 2.59 bits per heavy atom. The average Bonchev–Trinajstić information content (AvgIpc) is 3.23. The second-order valence-electron chi connectivity index (χ2n) is 7.85. The van der Waals surface area contributed by atoms with E-state index < -0.39 is 17.6 Å². The van der Waals surface area contributed by atoms with Gasteiger partial charge in [-0.1, -0.05) is 6.07 Å². The summed E-state index contributed by atoms with van der Waals surface area (Å²) in [7, 11) is 3.67. The van der Waals surface area contributed by atoms with E-state index in [2.05, 4.69) is 20.3 Å². The number of thiazole rings is 1. The van der Waals surface area contributed by atoms with Gasteiger partial charge in [0.2, 0.25) is 0 Å². The first-order chi connectivity index (χ1) is 16.0. The van der Waals surface area contributed by atoms with Crippen molar-refractivity contribution < 1.29 is 22.8 Å². The molecular formula is C22H23F3N6O2S. The van der Waals surface area contributed by atoms with Crippen molar-refractivity contribution in [1.82, 2.24) is 19.9 Å². The lowest BCUT2D eigenvalue weighted by Crippen LogP contribution is -2.18. The monoisotopic (exact) mass is 492 g/mol. The average molecular weight is 493 g/mol. The van der Waals surface area contributed by atoms with Crippen LogP contribution in [0.5, 0.6) is 0 Å². The summed E-state index contributed by atoms with van der Waals surface area (Å²) in [5.41, 5.74) is 5.99. The number of nitrogens with two attached hydrogens (primary N) is 1. The quantitative estimate of drug-likeness (QED) is 0.457. The number of alkyl halides is 3. The van der Waals surface area contributed by atoms with Crippen molar-refractivity contribution in [3.05, 3.63) is 63.0 Å². The van der Waals surface area contributed by atoms with Crippen molar-refractivity contribution in [2.45, 2.75) is 32.5 Å². The number of halogens is 3. The Hall–Kier alpha value is -3.38. The second kappa shape index (κ2) is 10.3. The van der Waals surface area contributed by atoms with Gasteiger partial charge in [-0.05, 0) is 38.7 Å². The van der Waals surface area contributed by atoms with E-state index >= 15 is 0 Å². The number of hydrogen-bond donors (Lipinski definition) is 2. The minimum atomic E-state index is -4.52. The molecule has 3 aromatic rings. The van der Waals surface area contributed by atoms with Crippen molar-refractivity contribution in [3.63, 3.8) is 0 Å². The van der Waals surface area contributed by atoms with Crippen LogP contribution in [-0.4, -0.2) is 45.6 Å². The summed E-state index contributed by atoms with van der Waals surface area (Å²) in [5.74, 6) is -0.569. The number of nitrogens with one attached hydrogen (secondary N) is 1. The third-order valence-corrected chi connectivity index (χ3v) is 5.92. The molecule has 0 fully saturated rings. The molecule has 0 saturated carbocycles. The van der Waals surface area contributed by atoms with Gasteiger partial charge < -0.3 is 16.0 Å². The molecule has 2 heterocycles. The van der Waals surface area contributed by atoms with Crippen molar-refractivity contribution >= 4 is 34.5 Å². The van der Waals surface area contributed by atoms with E-state index in [9.17, 15) is 22.8 Å². The molecule has 0 saturated heterocycles. The lowest BCUT2D eigenvalue weighted by atomic mass is 10.1. The second-order valence-corrected chi connectivity index (χ2v) is 8.96. The maximum absolute atomic E-state index is 13.1. The molecule has 0 aliphatic rings. The van der Waals surface area contributed by atoms with Gasteiger partial charge in [-0.2, -0.15) is 13.2 Å². The highest BCUT2D eigenvalue weighted by Crippen LogP contribution is 2.33. The van der Waals surface area contributed by atoms with Crippen LogP contribution in [0.1, 0.15) is 48.3 Å². The Bertz CT molecular complexity index is 1210. The van der Waals surface area contributed by atoms with E-state index in [1.807, 2.05) is 19.0 Å². The smallest absolute Gasteiger partial charge is 0.383 e. The van der Waals surface area contributed by atoms with Gasteiger partial charge in [-0.25, -0.2) is 15.0 Å². The zero-order valence-corrected chi connectivity index (χ0v) is 19.5. The molecule has 2 aromatic heterocycles. The van der Waals surface area contributed by atoms with E-state index in [4.69, 9.17) is 5.73 Å². The minimum absolute atomic E-state index is 0.0304. The Balaban J connectivity index is 1.66. The first-order valence-electron chi connectivity index (χ1n) is 10.2. The molecular weight excluding hydrogens is 469 g/mol. The molecule has 3 N–H and O–H groups in total. The summed E-state index contributed by atoms with van der Waals surface area (Å²) in [6, 6.07) is 3.60. The zero-order chi connectivity index (χ0) is 25.0. The number of benzene rings is 1. The van der Waals surface area contributed by atoms with E-state index in [1.165, 1.54) is 31.6 Å². The van der Waals surface area contributed by atoms with Crippen molar-refractivity contribution in [3.8, 4) is 0 Å². The fourth-order valence-electron chi connectivity index (χ4n) is 3.21. The fourth-order valence-corrected chi connectivity index (χ4v) is 4.02. The minimum Gasteiger partial charge on any atom is -0.383 e. The molecule has 1 amide bonds. The first kappa shape index (κ1) is 25.2. The SMILES string of the molecule is Cc1ccc(NC(=O)c2cnc(CCC(=O)c3ncnc(N)c3CN(C)C)s2)cc1C(F)(F)F. The molecule has 3 rings (SSSR count). The van der Waals surface area contributed by atoms with Crippen molar-refractivity contribution in [1.29, 1.82) is 0 Å². The third kappa shape index (κ3) is 6.14. The van der Waals surface area contributed by atoms with Crippen LogP contribution in [0.2, 0.25) is 0 Å². The van der Waals surface area contributed by atoms with E-state index in [0.717, 1.165) is 17.4 Å². The summed E-state index contributed by atoms with van der Waals surface area (Å²) in [6.45, 7) is 1.76. The van der Waals surface area contributed by atoms with E-state index in [0.29, 0.717) is 17.1 Å². The van der Waals surface area contributed by atoms with Crippen LogP contribution >= 0.6 is 11.3 Å². The Labute approximate surface area is 198 Å². The van der Waals surface area contributed by atoms with E-state index in [1.54, 1.807) is 0 Å². The number of nitrogen functional groups attached to an aromatic ring is 1. The van der Waals surface area contributed by atoms with Crippen LogP contribution in [0.15, 0.2) is 30.7 Å². The molecule has 1 aromatic carbocycles. The van der Waals surface area contributed by atoms with Gasteiger partial charge >= 0.3 is 6.18 Å². The van der Waals surface area contributed by atoms with Gasteiger partial charge in [0.1, 0.15) is 22.7 Å². The molecule has 8 nitrogen and oxygen atoms in total. The zero-order valence-electron chi connectivity index (χ0n) is 18.7. The Morgan fingerprint density at radius 2 is 1.91 bits per heavy atom. The lowest BCUT2D eigenvalue weighted by Gasteiger charge is -2.14. The molecule has 0 spiro atoms. The number of amides is 1. The molecule has 12 heteroatoms. The number of aryl methyl sites for hydroxylation is 2.